The maximum Gasteiger partial charge on any atom is 0.298 e. The predicted molar refractivity (Wildman–Crippen MR) is 113 cm³/mol. The minimum Gasteiger partial charge on any atom is -0.455 e. The number of hydrogen-bond donors (Lipinski definition) is 1. The van der Waals surface area contributed by atoms with E-state index < -0.39 is 10.1 Å². The van der Waals surface area contributed by atoms with Gasteiger partial charge in [-0.15, -0.1) is 0 Å². The molecule has 7 heteroatoms. The van der Waals surface area contributed by atoms with Crippen LogP contribution in [0.2, 0.25) is 0 Å². The molecule has 4 aromatic carbocycles. The summed E-state index contributed by atoms with van der Waals surface area (Å²) in [5, 5.41) is 2.83. The normalized spacial score (nSPS) is 11.8. The lowest BCUT2D eigenvalue weighted by atomic mass is 10.0. The van der Waals surface area contributed by atoms with Gasteiger partial charge >= 0.3 is 0 Å². The highest BCUT2D eigenvalue weighted by Gasteiger charge is 2.27. The van der Waals surface area contributed by atoms with E-state index in [1.807, 2.05) is 36.4 Å². The highest BCUT2D eigenvalue weighted by molar-refractivity contribution is 9.13. The molecule has 136 valence electrons. The summed E-state index contributed by atoms with van der Waals surface area (Å²) in [6.07, 6.45) is 0. The van der Waals surface area contributed by atoms with Gasteiger partial charge in [-0.05, 0) is 72.3 Å². The van der Waals surface area contributed by atoms with Crippen LogP contribution in [0.15, 0.2) is 80.6 Å². The molecule has 0 aliphatic carbocycles. The molecule has 0 bridgehead atoms. The molecule has 27 heavy (non-hydrogen) atoms. The zero-order valence-electron chi connectivity index (χ0n) is 13.7. The van der Waals surface area contributed by atoms with E-state index in [1.165, 1.54) is 0 Å². The van der Waals surface area contributed by atoms with Crippen LogP contribution in [0.3, 0.4) is 0 Å². The summed E-state index contributed by atoms with van der Waals surface area (Å²) in [5.41, 5.74) is 0. The first-order valence-electron chi connectivity index (χ1n) is 7.90. The Labute approximate surface area is 172 Å². The lowest BCUT2D eigenvalue weighted by molar-refractivity contribution is 0.450. The fourth-order valence-electron chi connectivity index (χ4n) is 3.00. The molecular weight excluding hydrogens is 496 g/mol. The van der Waals surface area contributed by atoms with Gasteiger partial charge in [0.15, 0.2) is 5.75 Å². The van der Waals surface area contributed by atoms with Crippen molar-refractivity contribution in [2.24, 2.45) is 0 Å². The van der Waals surface area contributed by atoms with Crippen LogP contribution in [0.25, 0.3) is 21.5 Å². The minimum atomic E-state index is -4.56. The number of benzene rings is 4. The average molecular weight is 508 g/mol. The molecule has 0 saturated carbocycles. The molecule has 4 rings (SSSR count). The number of hydrogen-bond acceptors (Lipinski definition) is 3. The summed E-state index contributed by atoms with van der Waals surface area (Å²) in [6, 6.07) is 20.0. The predicted octanol–water partition coefficient (Wildman–Crippen LogP) is 6.56. The van der Waals surface area contributed by atoms with E-state index in [0.717, 1.165) is 10.8 Å². The molecule has 0 radical (unpaired) electrons. The van der Waals surface area contributed by atoms with Crippen molar-refractivity contribution < 1.29 is 17.7 Å². The van der Waals surface area contributed by atoms with Gasteiger partial charge in [0.05, 0.1) is 4.47 Å². The van der Waals surface area contributed by atoms with Crippen LogP contribution >= 0.6 is 31.9 Å². The molecule has 1 N–H and O–H groups in total. The molecule has 0 fully saturated rings. The van der Waals surface area contributed by atoms with Crippen molar-refractivity contribution in [2.45, 2.75) is 4.90 Å². The van der Waals surface area contributed by atoms with Crippen molar-refractivity contribution in [3.63, 3.8) is 0 Å². The van der Waals surface area contributed by atoms with Crippen molar-refractivity contribution >= 4 is 63.5 Å². The number of rotatable bonds is 3. The summed E-state index contributed by atoms with van der Waals surface area (Å²) < 4.78 is 41.5. The Kier molecular flexibility index (Phi) is 4.71. The maximum atomic E-state index is 12.3. The van der Waals surface area contributed by atoms with Crippen LogP contribution in [0, 0.1) is 0 Å². The zero-order valence-corrected chi connectivity index (χ0v) is 17.7. The maximum absolute atomic E-state index is 12.3. The van der Waals surface area contributed by atoms with Crippen LogP contribution in [-0.4, -0.2) is 13.0 Å². The molecule has 4 nitrogen and oxygen atoms in total. The molecule has 4 aromatic rings. The Balaban J connectivity index is 2.13. The molecule has 0 atom stereocenters. The molecule has 0 spiro atoms. The van der Waals surface area contributed by atoms with Crippen LogP contribution in [0.1, 0.15) is 0 Å². The summed E-state index contributed by atoms with van der Waals surface area (Å²) in [7, 11) is -4.56. The summed E-state index contributed by atoms with van der Waals surface area (Å²) >= 11 is 6.95. The third-order valence-corrected chi connectivity index (χ3v) is 7.22. The zero-order chi connectivity index (χ0) is 19.2. The van der Waals surface area contributed by atoms with Crippen LogP contribution < -0.4 is 4.74 Å². The second kappa shape index (κ2) is 6.91. The Morgan fingerprint density at radius 1 is 0.778 bits per heavy atom. The van der Waals surface area contributed by atoms with Crippen LogP contribution in [-0.2, 0) is 10.1 Å². The van der Waals surface area contributed by atoms with Crippen molar-refractivity contribution in [2.75, 3.05) is 0 Å². The smallest absolute Gasteiger partial charge is 0.298 e. The molecule has 0 unspecified atom stereocenters. The van der Waals surface area contributed by atoms with Crippen molar-refractivity contribution in [1.82, 2.24) is 0 Å². The van der Waals surface area contributed by atoms with Crippen LogP contribution in [0.5, 0.6) is 11.5 Å². The Morgan fingerprint density at radius 2 is 1.33 bits per heavy atom. The van der Waals surface area contributed by atoms with Gasteiger partial charge in [0, 0.05) is 9.86 Å². The van der Waals surface area contributed by atoms with Crippen molar-refractivity contribution in [3.05, 3.63) is 75.7 Å². The molecule has 0 aromatic heterocycles. The molecule has 0 amide bonds. The summed E-state index contributed by atoms with van der Waals surface area (Å²) in [6.45, 7) is 0. The SMILES string of the molecule is O=S(=O)(O)c1c(Oc2ccccc2)c(Br)c(Br)c2cc3ccccc3cc12. The van der Waals surface area contributed by atoms with Gasteiger partial charge in [-0.3, -0.25) is 4.55 Å². The topological polar surface area (TPSA) is 63.6 Å². The van der Waals surface area contributed by atoms with Gasteiger partial charge in [-0.2, -0.15) is 8.42 Å². The standard InChI is InChI=1S/C20H12Br2O4S/c21-17-15-10-12-6-4-5-7-13(12)11-16(15)20(27(23,24)25)19(18(17)22)26-14-8-2-1-3-9-14/h1-11H,(H,23,24,25). The highest BCUT2D eigenvalue weighted by atomic mass is 79.9. The molecular formula is C20H12Br2O4S. The largest absolute Gasteiger partial charge is 0.455 e. The number of fused-ring (bicyclic) bond motifs is 2. The van der Waals surface area contributed by atoms with E-state index in [9.17, 15) is 13.0 Å². The molecule has 0 aliphatic rings. The van der Waals surface area contributed by atoms with E-state index in [1.54, 1.807) is 30.3 Å². The fourth-order valence-corrected chi connectivity index (χ4v) is 4.96. The first-order valence-corrected chi connectivity index (χ1v) is 10.9. The summed E-state index contributed by atoms with van der Waals surface area (Å²) in [5.74, 6) is 0.480. The summed E-state index contributed by atoms with van der Waals surface area (Å²) in [4.78, 5) is -0.276. The number of para-hydroxylation sites is 1. The molecule has 0 saturated heterocycles. The number of ether oxygens (including phenoxy) is 1. The van der Waals surface area contributed by atoms with Gasteiger partial charge in [0.25, 0.3) is 10.1 Å². The first-order chi connectivity index (χ1) is 12.9. The van der Waals surface area contributed by atoms with Gasteiger partial charge < -0.3 is 4.74 Å². The van der Waals surface area contributed by atoms with E-state index in [2.05, 4.69) is 31.9 Å². The molecule has 0 aliphatic heterocycles. The third-order valence-electron chi connectivity index (χ3n) is 4.19. The van der Waals surface area contributed by atoms with Gasteiger partial charge in [0.2, 0.25) is 0 Å². The lowest BCUT2D eigenvalue weighted by Gasteiger charge is -2.17. The van der Waals surface area contributed by atoms with Gasteiger partial charge in [0.1, 0.15) is 10.6 Å². The monoisotopic (exact) mass is 506 g/mol. The van der Waals surface area contributed by atoms with E-state index in [0.29, 0.717) is 25.5 Å². The minimum absolute atomic E-state index is 0.0263. The second-order valence-corrected chi connectivity index (χ2v) is 8.87. The van der Waals surface area contributed by atoms with Gasteiger partial charge in [-0.25, -0.2) is 0 Å². The Morgan fingerprint density at radius 3 is 1.93 bits per heavy atom. The average Bonchev–Trinajstić information content (AvgIpc) is 2.64. The second-order valence-electron chi connectivity index (χ2n) is 5.92. The first kappa shape index (κ1) is 18.4. The van der Waals surface area contributed by atoms with E-state index in [-0.39, 0.29) is 10.6 Å². The highest BCUT2D eigenvalue weighted by Crippen LogP contribution is 2.47. The lowest BCUT2D eigenvalue weighted by Crippen LogP contribution is -2.04. The van der Waals surface area contributed by atoms with Gasteiger partial charge in [-0.1, -0.05) is 42.5 Å². The van der Waals surface area contributed by atoms with Crippen LogP contribution in [0.4, 0.5) is 0 Å². The third kappa shape index (κ3) is 3.36. The molecule has 0 heterocycles. The Hall–Kier alpha value is -1.93. The quantitative estimate of drug-likeness (QED) is 0.252. The number of halogens is 2. The fraction of sp³-hybridized carbons (Fsp3) is 0. The van der Waals surface area contributed by atoms with Crippen molar-refractivity contribution in [1.29, 1.82) is 0 Å². The Bertz CT molecular complexity index is 1290. The van der Waals surface area contributed by atoms with E-state index in [4.69, 9.17) is 4.74 Å². The van der Waals surface area contributed by atoms with E-state index >= 15 is 0 Å². The van der Waals surface area contributed by atoms with Crippen molar-refractivity contribution in [3.8, 4) is 11.5 Å².